The molecule has 2 nitrogen and oxygen atoms in total. The summed E-state index contributed by atoms with van der Waals surface area (Å²) in [6.07, 6.45) is -3.87. The molecule has 2 aromatic rings. The number of aromatic nitrogens is 1. The lowest BCUT2D eigenvalue weighted by Crippen LogP contribution is -2.18. The second-order valence-electron chi connectivity index (χ2n) is 3.07. The van der Waals surface area contributed by atoms with E-state index < -0.39 is 12.7 Å². The van der Waals surface area contributed by atoms with Crippen LogP contribution < -0.4 is 0 Å². The van der Waals surface area contributed by atoms with Crippen LogP contribution in [0.25, 0.3) is 10.2 Å². The van der Waals surface area contributed by atoms with Gasteiger partial charge in [-0.25, -0.2) is 0 Å². The highest BCUT2D eigenvalue weighted by Gasteiger charge is 2.29. The summed E-state index contributed by atoms with van der Waals surface area (Å²) < 4.78 is 37.7. The monoisotopic (exact) mass is 233 g/mol. The van der Waals surface area contributed by atoms with Crippen molar-refractivity contribution in [2.24, 2.45) is 0 Å². The maximum Gasteiger partial charge on any atom is 0.406 e. The number of carbonyl (C=O) groups excluding carboxylic acids is 1. The molecule has 0 saturated carbocycles. The van der Waals surface area contributed by atoms with Crippen molar-refractivity contribution in [2.45, 2.75) is 12.7 Å². The summed E-state index contributed by atoms with van der Waals surface area (Å²) in [5.41, 5.74) is 0.0641. The Labute approximate surface area is 86.9 Å². The molecule has 0 bridgehead atoms. The van der Waals surface area contributed by atoms with E-state index in [1.807, 2.05) is 0 Å². The van der Waals surface area contributed by atoms with Gasteiger partial charge >= 0.3 is 6.18 Å². The smallest absolute Gasteiger partial charge is 0.321 e. The summed E-state index contributed by atoms with van der Waals surface area (Å²) in [5, 5.41) is 2.37. The second kappa shape index (κ2) is 3.37. The van der Waals surface area contributed by atoms with Crippen LogP contribution in [0, 0.1) is 0 Å². The molecule has 80 valence electrons. The summed E-state index contributed by atoms with van der Waals surface area (Å²) >= 11 is 1.19. The van der Waals surface area contributed by atoms with Crippen molar-refractivity contribution in [1.82, 2.24) is 4.57 Å². The highest BCUT2D eigenvalue weighted by atomic mass is 32.1. The van der Waals surface area contributed by atoms with Crippen LogP contribution in [0.15, 0.2) is 17.5 Å². The largest absolute Gasteiger partial charge is 0.406 e. The molecule has 6 heteroatoms. The van der Waals surface area contributed by atoms with Crippen LogP contribution in [0.1, 0.15) is 10.5 Å². The SMILES string of the molecule is O=Cc1cc2ccsc2n1CC(F)(F)F. The molecule has 0 saturated heterocycles. The van der Waals surface area contributed by atoms with Gasteiger partial charge in [-0.15, -0.1) is 11.3 Å². The first-order valence-electron chi connectivity index (χ1n) is 4.10. The van der Waals surface area contributed by atoms with Gasteiger partial charge in [-0.05, 0) is 17.5 Å². The van der Waals surface area contributed by atoms with E-state index in [1.165, 1.54) is 17.4 Å². The van der Waals surface area contributed by atoms with Crippen LogP contribution in [0.5, 0.6) is 0 Å². The first kappa shape index (κ1) is 10.2. The second-order valence-corrected chi connectivity index (χ2v) is 3.96. The minimum atomic E-state index is -4.31. The van der Waals surface area contributed by atoms with Gasteiger partial charge in [0.05, 0.1) is 5.69 Å². The van der Waals surface area contributed by atoms with Crippen LogP contribution in [-0.4, -0.2) is 17.0 Å². The third kappa shape index (κ3) is 1.90. The van der Waals surface area contributed by atoms with Gasteiger partial charge in [0, 0.05) is 5.39 Å². The molecular weight excluding hydrogens is 227 g/mol. The zero-order valence-electron chi connectivity index (χ0n) is 7.41. The molecule has 0 aliphatic rings. The van der Waals surface area contributed by atoms with Crippen molar-refractivity contribution in [3.05, 3.63) is 23.2 Å². The van der Waals surface area contributed by atoms with E-state index in [4.69, 9.17) is 0 Å². The van der Waals surface area contributed by atoms with Gasteiger partial charge in [0.15, 0.2) is 6.29 Å². The number of rotatable bonds is 2. The number of thiophene rings is 1. The molecule has 2 rings (SSSR count). The molecule has 0 aliphatic heterocycles. The van der Waals surface area contributed by atoms with Crippen LogP contribution in [0.3, 0.4) is 0 Å². The van der Waals surface area contributed by atoms with E-state index in [0.29, 0.717) is 16.5 Å². The fourth-order valence-electron chi connectivity index (χ4n) is 1.43. The average Bonchev–Trinajstić information content (AvgIpc) is 2.65. The summed E-state index contributed by atoms with van der Waals surface area (Å²) in [4.78, 5) is 11.1. The summed E-state index contributed by atoms with van der Waals surface area (Å²) in [6.45, 7) is -1.12. The topological polar surface area (TPSA) is 22.0 Å². The van der Waals surface area contributed by atoms with E-state index >= 15 is 0 Å². The molecule has 0 radical (unpaired) electrons. The van der Waals surface area contributed by atoms with Crippen molar-refractivity contribution in [3.63, 3.8) is 0 Å². The van der Waals surface area contributed by atoms with E-state index in [2.05, 4.69) is 0 Å². The highest BCUT2D eigenvalue weighted by molar-refractivity contribution is 7.16. The normalized spacial score (nSPS) is 12.2. The van der Waals surface area contributed by atoms with Gasteiger partial charge in [0.25, 0.3) is 0 Å². The third-order valence-electron chi connectivity index (χ3n) is 1.99. The number of halogens is 3. The van der Waals surface area contributed by atoms with Crippen molar-refractivity contribution in [2.75, 3.05) is 0 Å². The standard InChI is InChI=1S/C9H6F3NOS/c10-9(11,12)5-13-7(4-14)3-6-1-2-15-8(6)13/h1-4H,5H2. The summed E-state index contributed by atoms with van der Waals surface area (Å²) in [6, 6.07) is 3.16. The third-order valence-corrected chi connectivity index (χ3v) is 2.94. The first-order valence-corrected chi connectivity index (χ1v) is 4.98. The van der Waals surface area contributed by atoms with E-state index in [-0.39, 0.29) is 5.69 Å². The van der Waals surface area contributed by atoms with Crippen molar-refractivity contribution >= 4 is 27.8 Å². The molecule has 0 unspecified atom stereocenters. The van der Waals surface area contributed by atoms with E-state index in [0.717, 1.165) is 4.57 Å². The van der Waals surface area contributed by atoms with Crippen LogP contribution in [0.2, 0.25) is 0 Å². The maximum absolute atomic E-state index is 12.2. The Balaban J connectivity index is 2.54. The van der Waals surface area contributed by atoms with Gasteiger partial charge < -0.3 is 4.57 Å². The molecular formula is C9H6F3NOS. The van der Waals surface area contributed by atoms with Crippen molar-refractivity contribution in [3.8, 4) is 0 Å². The Morgan fingerprint density at radius 3 is 2.80 bits per heavy atom. The zero-order chi connectivity index (χ0) is 11.1. The highest BCUT2D eigenvalue weighted by Crippen LogP contribution is 2.28. The number of aldehydes is 1. The predicted molar refractivity (Wildman–Crippen MR) is 51.3 cm³/mol. The lowest BCUT2D eigenvalue weighted by Gasteiger charge is -2.09. The number of hydrogen-bond donors (Lipinski definition) is 0. The number of fused-ring (bicyclic) bond motifs is 1. The van der Waals surface area contributed by atoms with Crippen molar-refractivity contribution < 1.29 is 18.0 Å². The Bertz CT molecular complexity index is 497. The molecule has 0 N–H and O–H groups in total. The van der Waals surface area contributed by atoms with Gasteiger partial charge in [-0.1, -0.05) is 0 Å². The van der Waals surface area contributed by atoms with Crippen LogP contribution >= 0.6 is 11.3 Å². The fourth-order valence-corrected chi connectivity index (χ4v) is 2.34. The predicted octanol–water partition coefficient (Wildman–Crippen LogP) is 3.08. The minimum Gasteiger partial charge on any atom is -0.321 e. The summed E-state index contributed by atoms with van der Waals surface area (Å²) in [5.74, 6) is 0. The Kier molecular flexibility index (Phi) is 2.30. The number of alkyl halides is 3. The van der Waals surface area contributed by atoms with Crippen molar-refractivity contribution in [1.29, 1.82) is 0 Å². The van der Waals surface area contributed by atoms with E-state index in [9.17, 15) is 18.0 Å². The lowest BCUT2D eigenvalue weighted by molar-refractivity contribution is -0.139. The zero-order valence-corrected chi connectivity index (χ0v) is 8.23. The molecule has 0 spiro atoms. The van der Waals surface area contributed by atoms with Gasteiger partial charge in [-0.2, -0.15) is 13.2 Å². The number of nitrogens with zero attached hydrogens (tertiary/aromatic N) is 1. The van der Waals surface area contributed by atoms with Gasteiger partial charge in [0.2, 0.25) is 0 Å². The Morgan fingerprint density at radius 1 is 1.47 bits per heavy atom. The molecule has 2 heterocycles. The maximum atomic E-state index is 12.2. The molecule has 0 amide bonds. The molecule has 0 fully saturated rings. The number of carbonyl (C=O) groups is 1. The van der Waals surface area contributed by atoms with E-state index in [1.54, 1.807) is 11.4 Å². The van der Waals surface area contributed by atoms with Crippen LogP contribution in [0.4, 0.5) is 13.2 Å². The average molecular weight is 233 g/mol. The molecule has 0 aliphatic carbocycles. The molecule has 2 aromatic heterocycles. The lowest BCUT2D eigenvalue weighted by atomic mass is 10.4. The van der Waals surface area contributed by atoms with Gasteiger partial charge in [0.1, 0.15) is 11.4 Å². The molecule has 0 atom stereocenters. The fraction of sp³-hybridized carbons (Fsp3) is 0.222. The number of hydrogen-bond acceptors (Lipinski definition) is 2. The first-order chi connectivity index (χ1) is 7.01. The Hall–Kier alpha value is -1.30. The summed E-state index contributed by atoms with van der Waals surface area (Å²) in [7, 11) is 0. The molecule has 15 heavy (non-hydrogen) atoms. The Morgan fingerprint density at radius 2 is 2.20 bits per heavy atom. The quantitative estimate of drug-likeness (QED) is 0.730. The minimum absolute atomic E-state index is 0.0641. The van der Waals surface area contributed by atoms with Crippen LogP contribution in [-0.2, 0) is 6.54 Å². The van der Waals surface area contributed by atoms with Gasteiger partial charge in [-0.3, -0.25) is 4.79 Å². The molecule has 0 aromatic carbocycles.